The van der Waals surface area contributed by atoms with Gasteiger partial charge in [0, 0.05) is 5.57 Å². The molecule has 0 spiro atoms. The first-order chi connectivity index (χ1) is 8.03. The van der Waals surface area contributed by atoms with Gasteiger partial charge in [-0.2, -0.15) is 0 Å². The zero-order valence-electron chi connectivity index (χ0n) is 10.6. The van der Waals surface area contributed by atoms with Crippen molar-refractivity contribution in [3.8, 4) is 0 Å². The molecule has 0 aliphatic heterocycles. The third-order valence-electron chi connectivity index (χ3n) is 3.34. The number of carbonyl (C=O) groups excluding carboxylic acids is 2. The van der Waals surface area contributed by atoms with Crippen molar-refractivity contribution in [2.75, 3.05) is 7.11 Å². The first kappa shape index (κ1) is 13.7. The fourth-order valence-corrected chi connectivity index (χ4v) is 2.13. The summed E-state index contributed by atoms with van der Waals surface area (Å²) in [7, 11) is 1.28. The van der Waals surface area contributed by atoms with Crippen LogP contribution in [0.15, 0.2) is 12.2 Å². The maximum Gasteiger partial charge on any atom is 0.334 e. The molecule has 4 nitrogen and oxygen atoms in total. The van der Waals surface area contributed by atoms with Crippen molar-refractivity contribution in [3.63, 3.8) is 0 Å². The van der Waals surface area contributed by atoms with Gasteiger partial charge in [-0.1, -0.05) is 13.5 Å². The summed E-state index contributed by atoms with van der Waals surface area (Å²) in [5.74, 6) is -0.942. The Morgan fingerprint density at radius 2 is 1.88 bits per heavy atom. The first-order valence-electron chi connectivity index (χ1n) is 6.01. The predicted octanol–water partition coefficient (Wildman–Crippen LogP) is 2.37. The van der Waals surface area contributed by atoms with E-state index in [9.17, 15) is 9.59 Å². The summed E-state index contributed by atoms with van der Waals surface area (Å²) in [5.41, 5.74) is -0.174. The van der Waals surface area contributed by atoms with Gasteiger partial charge in [0.25, 0.3) is 0 Å². The normalized spacial score (nSPS) is 17.5. The molecule has 0 radical (unpaired) electrons. The van der Waals surface area contributed by atoms with Gasteiger partial charge in [0.15, 0.2) is 0 Å². The van der Waals surface area contributed by atoms with Crippen molar-refractivity contribution < 1.29 is 19.1 Å². The lowest BCUT2D eigenvalue weighted by Gasteiger charge is -2.27. The molecule has 1 aliphatic rings. The Bertz CT molecular complexity index is 313. The highest BCUT2D eigenvalue weighted by molar-refractivity contribution is 5.93. The first-order valence-corrected chi connectivity index (χ1v) is 6.01. The third kappa shape index (κ3) is 3.58. The maximum absolute atomic E-state index is 11.8. The molecule has 0 bridgehead atoms. The Morgan fingerprint density at radius 1 is 1.29 bits per heavy atom. The van der Waals surface area contributed by atoms with Crippen LogP contribution in [0.25, 0.3) is 0 Å². The minimum absolute atomic E-state index is 0.102. The van der Waals surface area contributed by atoms with Gasteiger partial charge in [-0.25, -0.2) is 4.79 Å². The fourth-order valence-electron chi connectivity index (χ4n) is 2.13. The zero-order chi connectivity index (χ0) is 12.9. The van der Waals surface area contributed by atoms with E-state index >= 15 is 0 Å². The van der Waals surface area contributed by atoms with E-state index in [2.05, 4.69) is 11.3 Å². The number of rotatable bonds is 5. The van der Waals surface area contributed by atoms with E-state index in [1.165, 1.54) is 7.11 Å². The monoisotopic (exact) mass is 240 g/mol. The number of hydrogen-bond acceptors (Lipinski definition) is 4. The van der Waals surface area contributed by atoms with E-state index in [0.717, 1.165) is 32.1 Å². The van der Waals surface area contributed by atoms with E-state index in [0.29, 0.717) is 0 Å². The highest BCUT2D eigenvalue weighted by Crippen LogP contribution is 2.36. The van der Waals surface area contributed by atoms with Crippen LogP contribution in [0.2, 0.25) is 0 Å². The van der Waals surface area contributed by atoms with Crippen LogP contribution in [0.4, 0.5) is 0 Å². The molecule has 1 saturated carbocycles. The molecule has 0 unspecified atom stereocenters. The second-order valence-electron chi connectivity index (χ2n) is 4.49. The molecule has 17 heavy (non-hydrogen) atoms. The third-order valence-corrected chi connectivity index (χ3v) is 3.34. The van der Waals surface area contributed by atoms with Crippen LogP contribution >= 0.6 is 0 Å². The molecular weight excluding hydrogens is 220 g/mol. The van der Waals surface area contributed by atoms with Crippen LogP contribution in [0.5, 0.6) is 0 Å². The average molecular weight is 240 g/mol. The van der Waals surface area contributed by atoms with Crippen LogP contribution < -0.4 is 0 Å². The predicted molar refractivity (Wildman–Crippen MR) is 63.4 cm³/mol. The number of ether oxygens (including phenoxy) is 2. The maximum atomic E-state index is 11.8. The van der Waals surface area contributed by atoms with Gasteiger partial charge in [0.2, 0.25) is 0 Å². The van der Waals surface area contributed by atoms with E-state index in [-0.39, 0.29) is 17.6 Å². The van der Waals surface area contributed by atoms with E-state index < -0.39 is 11.9 Å². The van der Waals surface area contributed by atoms with Crippen LogP contribution in [0, 0.1) is 0 Å². The van der Waals surface area contributed by atoms with Gasteiger partial charge >= 0.3 is 11.9 Å². The molecule has 0 aromatic rings. The molecule has 0 atom stereocenters. The minimum atomic E-state index is -0.473. The summed E-state index contributed by atoms with van der Waals surface area (Å²) in [6, 6.07) is 0. The Balaban J connectivity index is 2.53. The molecule has 0 aromatic carbocycles. The second kappa shape index (κ2) is 5.84. The van der Waals surface area contributed by atoms with Gasteiger partial charge < -0.3 is 9.47 Å². The Kier molecular flexibility index (Phi) is 4.73. The van der Waals surface area contributed by atoms with Crippen LogP contribution in [0.1, 0.15) is 45.4 Å². The summed E-state index contributed by atoms with van der Waals surface area (Å²) in [5, 5.41) is 0. The lowest BCUT2D eigenvalue weighted by Crippen LogP contribution is -2.32. The molecule has 1 fully saturated rings. The van der Waals surface area contributed by atoms with Gasteiger partial charge in [-0.05, 0) is 32.1 Å². The number of esters is 2. The van der Waals surface area contributed by atoms with Gasteiger partial charge in [-0.15, -0.1) is 0 Å². The molecule has 0 aromatic heterocycles. The van der Waals surface area contributed by atoms with Crippen LogP contribution in [-0.4, -0.2) is 24.6 Å². The number of carbonyl (C=O) groups is 2. The van der Waals surface area contributed by atoms with Crippen LogP contribution in [-0.2, 0) is 19.1 Å². The SMILES string of the molecule is C=C(CC(=O)OC)C(=O)OC1(CC)CCCC1. The summed E-state index contributed by atoms with van der Waals surface area (Å²) in [6.45, 7) is 5.59. The van der Waals surface area contributed by atoms with Crippen molar-refractivity contribution >= 4 is 11.9 Å². The van der Waals surface area contributed by atoms with Crippen molar-refractivity contribution in [1.82, 2.24) is 0 Å². The number of hydrogen-bond donors (Lipinski definition) is 0. The topological polar surface area (TPSA) is 52.6 Å². The van der Waals surface area contributed by atoms with Crippen molar-refractivity contribution in [1.29, 1.82) is 0 Å². The molecule has 96 valence electrons. The smallest absolute Gasteiger partial charge is 0.334 e. The standard InChI is InChI=1S/C13H20O4/c1-4-13(7-5-6-8-13)17-12(15)10(2)9-11(14)16-3/h2,4-9H2,1,3H3. The summed E-state index contributed by atoms with van der Waals surface area (Å²) in [6.07, 6.45) is 4.69. The van der Waals surface area contributed by atoms with E-state index in [1.807, 2.05) is 6.92 Å². The Labute approximate surface area is 102 Å². The molecule has 1 rings (SSSR count). The summed E-state index contributed by atoms with van der Waals surface area (Å²) >= 11 is 0. The zero-order valence-corrected chi connectivity index (χ0v) is 10.6. The molecule has 0 amide bonds. The lowest BCUT2D eigenvalue weighted by molar-refractivity contribution is -0.156. The van der Waals surface area contributed by atoms with E-state index in [4.69, 9.17) is 4.74 Å². The van der Waals surface area contributed by atoms with Gasteiger partial charge in [-0.3, -0.25) is 4.79 Å². The molecule has 4 heteroatoms. The van der Waals surface area contributed by atoms with Crippen molar-refractivity contribution in [3.05, 3.63) is 12.2 Å². The quantitative estimate of drug-likeness (QED) is 0.547. The van der Waals surface area contributed by atoms with Gasteiger partial charge in [0.1, 0.15) is 5.60 Å². The van der Waals surface area contributed by atoms with E-state index in [1.54, 1.807) is 0 Å². The fraction of sp³-hybridized carbons (Fsp3) is 0.692. The second-order valence-corrected chi connectivity index (χ2v) is 4.49. The summed E-state index contributed by atoms with van der Waals surface area (Å²) < 4.78 is 9.99. The highest BCUT2D eigenvalue weighted by Gasteiger charge is 2.36. The molecule has 0 heterocycles. The molecular formula is C13H20O4. The van der Waals surface area contributed by atoms with Crippen molar-refractivity contribution in [2.24, 2.45) is 0 Å². The number of methoxy groups -OCH3 is 1. The largest absolute Gasteiger partial charge is 0.469 e. The highest BCUT2D eigenvalue weighted by atomic mass is 16.6. The minimum Gasteiger partial charge on any atom is -0.469 e. The van der Waals surface area contributed by atoms with Crippen LogP contribution in [0.3, 0.4) is 0 Å². The average Bonchev–Trinajstić information content (AvgIpc) is 2.77. The summed E-state index contributed by atoms with van der Waals surface area (Å²) in [4.78, 5) is 22.8. The molecule has 1 aliphatic carbocycles. The van der Waals surface area contributed by atoms with Crippen molar-refractivity contribution in [2.45, 2.75) is 51.0 Å². The lowest BCUT2D eigenvalue weighted by atomic mass is 9.98. The Morgan fingerprint density at radius 3 is 2.35 bits per heavy atom. The molecule has 0 N–H and O–H groups in total. The Hall–Kier alpha value is -1.32. The molecule has 0 saturated heterocycles. The van der Waals surface area contributed by atoms with Gasteiger partial charge in [0.05, 0.1) is 13.5 Å².